The van der Waals surface area contributed by atoms with Crippen molar-refractivity contribution < 1.29 is 36.2 Å². The average Bonchev–Trinajstić information content (AvgIpc) is 2.89. The second-order valence-electron chi connectivity index (χ2n) is 8.99. The summed E-state index contributed by atoms with van der Waals surface area (Å²) in [6, 6.07) is 14.9. The highest BCUT2D eigenvalue weighted by molar-refractivity contribution is 7.92. The lowest BCUT2D eigenvalue weighted by Crippen LogP contribution is -2.33. The molecule has 0 saturated heterocycles. The fourth-order valence-electron chi connectivity index (χ4n) is 4.44. The maximum atomic E-state index is 13.5. The first kappa shape index (κ1) is 30.0. The van der Waals surface area contributed by atoms with Gasteiger partial charge in [-0.3, -0.25) is 14.1 Å². The van der Waals surface area contributed by atoms with Gasteiger partial charge in [0.1, 0.15) is 0 Å². The smallest absolute Gasteiger partial charge is 0.287 e. The highest BCUT2D eigenvalue weighted by Gasteiger charge is 2.30. The number of anilines is 1. The van der Waals surface area contributed by atoms with Gasteiger partial charge in [0.25, 0.3) is 0 Å². The molecule has 0 saturated carbocycles. The highest BCUT2D eigenvalue weighted by Crippen LogP contribution is 2.34. The maximum Gasteiger partial charge on any atom is 0.416 e. The van der Waals surface area contributed by atoms with Gasteiger partial charge in [0.05, 0.1) is 23.5 Å². The lowest BCUT2D eigenvalue weighted by molar-refractivity contribution is -0.211. The largest absolute Gasteiger partial charge is 0.416 e. The van der Waals surface area contributed by atoms with Crippen LogP contribution in [-0.4, -0.2) is 20.1 Å². The number of carbonyl (C=O) groups excluding carboxylic acids is 1. The van der Waals surface area contributed by atoms with Crippen LogP contribution < -0.4 is 9.19 Å². The van der Waals surface area contributed by atoms with Gasteiger partial charge in [0, 0.05) is 12.5 Å². The molecule has 0 N–H and O–H groups in total. The fourth-order valence-corrected chi connectivity index (χ4v) is 5.95. The monoisotopic (exact) mass is 563 g/mol. The van der Waals surface area contributed by atoms with E-state index in [9.17, 15) is 26.4 Å². The molecule has 39 heavy (non-hydrogen) atoms. The summed E-state index contributed by atoms with van der Waals surface area (Å²) >= 11 is 0. The number of hydrogen-bond acceptors (Lipinski definition) is 5. The lowest BCUT2D eigenvalue weighted by atomic mass is 9.96. The lowest BCUT2D eigenvalue weighted by Gasteiger charge is -2.27. The Morgan fingerprint density at radius 3 is 2.13 bits per heavy atom. The minimum Gasteiger partial charge on any atom is -0.287 e. The van der Waals surface area contributed by atoms with Gasteiger partial charge in [-0.15, -0.1) is 0 Å². The van der Waals surface area contributed by atoms with Crippen molar-refractivity contribution in [2.45, 2.75) is 59.7 Å². The number of halogens is 3. The van der Waals surface area contributed by atoms with Crippen molar-refractivity contribution in [1.29, 1.82) is 0 Å². The van der Waals surface area contributed by atoms with Crippen LogP contribution in [0.2, 0.25) is 0 Å². The van der Waals surface area contributed by atoms with E-state index < -0.39 is 27.7 Å². The van der Waals surface area contributed by atoms with Gasteiger partial charge in [-0.05, 0) is 71.8 Å². The molecule has 210 valence electrons. The Hall–Kier alpha value is -3.53. The number of benzene rings is 3. The van der Waals surface area contributed by atoms with Gasteiger partial charge in [-0.2, -0.15) is 13.2 Å². The first-order valence-electron chi connectivity index (χ1n) is 12.7. The van der Waals surface area contributed by atoms with E-state index in [0.717, 1.165) is 28.8 Å². The molecule has 3 aromatic rings. The van der Waals surface area contributed by atoms with Crippen LogP contribution in [-0.2, 0) is 45.3 Å². The Balaban J connectivity index is 2.06. The third kappa shape index (κ3) is 7.32. The quantitative estimate of drug-likeness (QED) is 0.184. The van der Waals surface area contributed by atoms with Crippen molar-refractivity contribution in [3.8, 4) is 16.9 Å². The summed E-state index contributed by atoms with van der Waals surface area (Å²) in [5, 5.41) is 0. The van der Waals surface area contributed by atoms with Crippen LogP contribution in [0.1, 0.15) is 56.4 Å². The molecule has 0 aromatic heterocycles. The van der Waals surface area contributed by atoms with Crippen molar-refractivity contribution >= 4 is 21.7 Å². The minimum absolute atomic E-state index is 0.0445. The first-order valence-corrected chi connectivity index (χ1v) is 14.3. The van der Waals surface area contributed by atoms with E-state index in [4.69, 9.17) is 9.78 Å². The molecule has 0 amide bonds. The molecule has 0 aliphatic heterocycles. The maximum absolute atomic E-state index is 13.5. The second kappa shape index (κ2) is 12.5. The molecule has 0 fully saturated rings. The molecule has 0 atom stereocenters. The molecule has 0 aliphatic carbocycles. The Morgan fingerprint density at radius 2 is 1.56 bits per heavy atom. The number of sulfonamides is 1. The van der Waals surface area contributed by atoms with Crippen LogP contribution in [0.25, 0.3) is 11.1 Å². The van der Waals surface area contributed by atoms with Gasteiger partial charge in [-0.25, -0.2) is 13.2 Å². The Labute approximate surface area is 227 Å². The number of alkyl halides is 3. The normalized spacial score (nSPS) is 11.8. The molecule has 0 aliphatic rings. The van der Waals surface area contributed by atoms with E-state index in [2.05, 4.69) is 0 Å². The van der Waals surface area contributed by atoms with E-state index in [1.165, 1.54) is 23.4 Å². The predicted octanol–water partition coefficient (Wildman–Crippen LogP) is 7.10. The van der Waals surface area contributed by atoms with Crippen LogP contribution in [0.15, 0.2) is 60.7 Å². The molecule has 0 unspecified atom stereocenters. The summed E-state index contributed by atoms with van der Waals surface area (Å²) in [6.45, 7) is 6.93. The summed E-state index contributed by atoms with van der Waals surface area (Å²) in [6.07, 6.45) is -2.88. The zero-order valence-electron chi connectivity index (χ0n) is 22.3. The zero-order chi connectivity index (χ0) is 28.8. The second-order valence-corrected chi connectivity index (χ2v) is 11.0. The summed E-state index contributed by atoms with van der Waals surface area (Å²) in [5.74, 6) is -0.280. The van der Waals surface area contributed by atoms with E-state index in [-0.39, 0.29) is 12.3 Å². The fraction of sp³-hybridized carbons (Fsp3) is 0.345. The van der Waals surface area contributed by atoms with E-state index in [1.807, 2.05) is 13.8 Å². The Kier molecular flexibility index (Phi) is 9.66. The SMILES string of the molecule is CCCS(=O)(=O)N(Cc1ccc(OOC(C)=O)c(CC)c1CC)c1cccc(-c2ccc(C(F)(F)F)cc2)c1. The highest BCUT2D eigenvalue weighted by atomic mass is 32.2. The predicted molar refractivity (Wildman–Crippen MR) is 145 cm³/mol. The third-order valence-corrected chi connectivity index (χ3v) is 8.17. The molecule has 6 nitrogen and oxygen atoms in total. The molecular formula is C29H32F3NO5S. The third-order valence-electron chi connectivity index (χ3n) is 6.23. The molecule has 3 rings (SSSR count). The van der Waals surface area contributed by atoms with E-state index >= 15 is 0 Å². The number of nitrogens with zero attached hydrogens (tertiary/aromatic N) is 1. The first-order chi connectivity index (χ1) is 18.4. The number of carbonyl (C=O) groups is 1. The van der Waals surface area contributed by atoms with Crippen molar-refractivity contribution in [2.75, 3.05) is 10.1 Å². The van der Waals surface area contributed by atoms with Crippen LogP contribution in [0.3, 0.4) is 0 Å². The Bertz CT molecular complexity index is 1400. The zero-order valence-corrected chi connectivity index (χ0v) is 23.2. The molecule has 0 spiro atoms. The van der Waals surface area contributed by atoms with Crippen LogP contribution in [0, 0.1) is 0 Å². The summed E-state index contributed by atoms with van der Waals surface area (Å²) in [5.41, 5.74) is 3.24. The number of rotatable bonds is 11. The summed E-state index contributed by atoms with van der Waals surface area (Å²) < 4.78 is 67.3. The van der Waals surface area contributed by atoms with Crippen LogP contribution in [0.5, 0.6) is 5.75 Å². The van der Waals surface area contributed by atoms with Crippen molar-refractivity contribution in [3.63, 3.8) is 0 Å². The minimum atomic E-state index is -4.45. The van der Waals surface area contributed by atoms with Gasteiger partial charge < -0.3 is 0 Å². The van der Waals surface area contributed by atoms with E-state index in [1.54, 1.807) is 43.3 Å². The van der Waals surface area contributed by atoms with Crippen molar-refractivity contribution in [2.24, 2.45) is 0 Å². The standard InChI is InChI=1S/C29H32F3NO5S/c1-5-17-39(35,36)33(19-23-13-16-28(38-37-20(4)34)27(7-3)26(23)6-2)25-10-8-9-22(18-25)21-11-14-24(15-12-21)29(30,31)32/h8-16,18H,5-7,17,19H2,1-4H3. The summed E-state index contributed by atoms with van der Waals surface area (Å²) in [7, 11) is -3.74. The van der Waals surface area contributed by atoms with Crippen molar-refractivity contribution in [3.05, 3.63) is 82.9 Å². The van der Waals surface area contributed by atoms with Gasteiger partial charge in [0.2, 0.25) is 10.0 Å². The molecule has 0 radical (unpaired) electrons. The van der Waals surface area contributed by atoms with Gasteiger partial charge >= 0.3 is 12.1 Å². The van der Waals surface area contributed by atoms with E-state index in [0.29, 0.717) is 41.8 Å². The Morgan fingerprint density at radius 1 is 0.897 bits per heavy atom. The topological polar surface area (TPSA) is 72.9 Å². The molecule has 10 heteroatoms. The molecular weight excluding hydrogens is 531 g/mol. The summed E-state index contributed by atoms with van der Waals surface area (Å²) in [4.78, 5) is 21.2. The van der Waals surface area contributed by atoms with Crippen molar-refractivity contribution in [1.82, 2.24) is 0 Å². The van der Waals surface area contributed by atoms with Crippen LogP contribution in [0.4, 0.5) is 18.9 Å². The average molecular weight is 564 g/mol. The molecule has 3 aromatic carbocycles. The van der Waals surface area contributed by atoms with Gasteiger partial charge in [-0.1, -0.05) is 51.1 Å². The molecule has 0 heterocycles. The van der Waals surface area contributed by atoms with Crippen LogP contribution >= 0.6 is 0 Å². The number of hydrogen-bond donors (Lipinski definition) is 0. The van der Waals surface area contributed by atoms with Gasteiger partial charge in [0.15, 0.2) is 5.75 Å². The molecule has 0 bridgehead atoms.